The molecule has 8 heteroatoms. The molecule has 1 aromatic carbocycles. The van der Waals surface area contributed by atoms with Crippen molar-refractivity contribution in [2.24, 2.45) is 0 Å². The van der Waals surface area contributed by atoms with Crippen LogP contribution in [-0.2, 0) is 14.4 Å². The number of para-hydroxylation sites is 1. The van der Waals surface area contributed by atoms with E-state index in [9.17, 15) is 19.2 Å². The molecule has 1 saturated heterocycles. The first kappa shape index (κ1) is 20.8. The van der Waals surface area contributed by atoms with E-state index in [0.29, 0.717) is 30.6 Å². The first-order chi connectivity index (χ1) is 13.7. The maximum Gasteiger partial charge on any atom is 0.258 e. The van der Waals surface area contributed by atoms with Crippen LogP contribution in [0.15, 0.2) is 24.3 Å². The van der Waals surface area contributed by atoms with Crippen LogP contribution in [0.25, 0.3) is 0 Å². The minimum atomic E-state index is -0.891. The zero-order chi connectivity index (χ0) is 21.3. The second-order valence-electron chi connectivity index (χ2n) is 7.98. The Morgan fingerprint density at radius 3 is 2.59 bits per heavy atom. The highest BCUT2D eigenvalue weighted by molar-refractivity contribution is 6.11. The third kappa shape index (κ3) is 3.71. The summed E-state index contributed by atoms with van der Waals surface area (Å²) in [5, 5.41) is 2.77. The first-order valence-corrected chi connectivity index (χ1v) is 10.00. The minimum absolute atomic E-state index is 0.0200. The molecule has 3 rings (SSSR count). The molecule has 1 aromatic rings. The molecule has 1 N–H and O–H groups in total. The van der Waals surface area contributed by atoms with E-state index in [1.165, 1.54) is 9.80 Å². The summed E-state index contributed by atoms with van der Waals surface area (Å²) in [4.78, 5) is 55.4. The normalized spacial score (nSPS) is 20.6. The molecule has 8 nitrogen and oxygen atoms in total. The monoisotopic (exact) mass is 400 g/mol. The Bertz CT molecular complexity index is 853. The highest BCUT2D eigenvalue weighted by Crippen LogP contribution is 2.43. The molecule has 2 aliphatic rings. The van der Waals surface area contributed by atoms with Gasteiger partial charge in [0, 0.05) is 19.0 Å². The zero-order valence-electron chi connectivity index (χ0n) is 17.4. The summed E-state index contributed by atoms with van der Waals surface area (Å²) in [6.45, 7) is 7.42. The molecule has 2 heterocycles. The molecule has 0 radical (unpaired) electrons. The molecule has 0 aromatic heterocycles. The summed E-state index contributed by atoms with van der Waals surface area (Å²) < 4.78 is 0. The molecule has 2 aliphatic heterocycles. The van der Waals surface area contributed by atoms with E-state index in [4.69, 9.17) is 0 Å². The van der Waals surface area contributed by atoms with Gasteiger partial charge in [0.25, 0.3) is 5.91 Å². The Morgan fingerprint density at radius 1 is 1.24 bits per heavy atom. The number of fused-ring (bicyclic) bond motifs is 3. The van der Waals surface area contributed by atoms with Gasteiger partial charge in [-0.15, -0.1) is 0 Å². The van der Waals surface area contributed by atoms with Crippen LogP contribution in [0.5, 0.6) is 0 Å². The summed E-state index contributed by atoms with van der Waals surface area (Å²) in [7, 11) is 0. The molecule has 0 aliphatic carbocycles. The van der Waals surface area contributed by atoms with Crippen molar-refractivity contribution >= 4 is 29.3 Å². The number of hydrogen-bond acceptors (Lipinski definition) is 4. The lowest BCUT2D eigenvalue weighted by atomic mass is 9.98. The van der Waals surface area contributed by atoms with Gasteiger partial charge in [0.1, 0.15) is 12.2 Å². The molecular formula is C21H28N4O4. The molecular weight excluding hydrogens is 372 g/mol. The molecule has 0 spiro atoms. The Labute approximate surface area is 170 Å². The summed E-state index contributed by atoms with van der Waals surface area (Å²) in [6.07, 6.45) is 0.774. The zero-order valence-corrected chi connectivity index (χ0v) is 17.4. The molecule has 1 atom stereocenters. The van der Waals surface area contributed by atoms with Crippen molar-refractivity contribution in [2.45, 2.75) is 52.2 Å². The van der Waals surface area contributed by atoms with Crippen LogP contribution in [0.4, 0.5) is 5.69 Å². The number of anilines is 1. The van der Waals surface area contributed by atoms with E-state index in [0.717, 1.165) is 0 Å². The summed E-state index contributed by atoms with van der Waals surface area (Å²) in [6, 6.07) is 6.96. The van der Waals surface area contributed by atoms with Gasteiger partial charge in [0.2, 0.25) is 17.7 Å². The number of amides is 4. The maximum atomic E-state index is 13.2. The van der Waals surface area contributed by atoms with Gasteiger partial charge in [0.15, 0.2) is 0 Å². The Morgan fingerprint density at radius 2 is 1.93 bits per heavy atom. The number of hydrogen-bond donors (Lipinski definition) is 1. The van der Waals surface area contributed by atoms with Crippen molar-refractivity contribution in [3.8, 4) is 0 Å². The molecule has 29 heavy (non-hydrogen) atoms. The molecule has 0 saturated carbocycles. The smallest absolute Gasteiger partial charge is 0.258 e. The predicted molar refractivity (Wildman–Crippen MR) is 108 cm³/mol. The van der Waals surface area contributed by atoms with Crippen molar-refractivity contribution in [3.05, 3.63) is 29.8 Å². The number of likely N-dealkylation sites (N-methyl/N-ethyl adjacent to an activating group) is 1. The average molecular weight is 400 g/mol. The number of carbonyl (C=O) groups excluding carboxylic acids is 4. The summed E-state index contributed by atoms with van der Waals surface area (Å²) in [5.74, 6) is -0.896. The Balaban J connectivity index is 1.86. The molecule has 0 bridgehead atoms. The van der Waals surface area contributed by atoms with Gasteiger partial charge in [-0.3, -0.25) is 24.1 Å². The number of rotatable bonds is 6. The van der Waals surface area contributed by atoms with E-state index < -0.39 is 5.66 Å². The topological polar surface area (TPSA) is 90.0 Å². The van der Waals surface area contributed by atoms with E-state index in [1.807, 2.05) is 20.8 Å². The number of nitrogens with one attached hydrogen (secondary N) is 1. The van der Waals surface area contributed by atoms with Crippen LogP contribution in [0.2, 0.25) is 0 Å². The summed E-state index contributed by atoms with van der Waals surface area (Å²) >= 11 is 0. The SMILES string of the molecule is CCN(CC(=O)NC(C)C)C(=O)CN1C(=O)c2ccccc2N2C(=O)CCC12C. The van der Waals surface area contributed by atoms with E-state index in [1.54, 1.807) is 36.1 Å². The average Bonchev–Trinajstić information content (AvgIpc) is 2.98. The van der Waals surface area contributed by atoms with Gasteiger partial charge in [-0.2, -0.15) is 0 Å². The van der Waals surface area contributed by atoms with Gasteiger partial charge in [-0.05, 0) is 46.2 Å². The second kappa shape index (κ2) is 7.85. The first-order valence-electron chi connectivity index (χ1n) is 10.00. The molecule has 1 fully saturated rings. The van der Waals surface area contributed by atoms with Crippen molar-refractivity contribution in [2.75, 3.05) is 24.5 Å². The van der Waals surface area contributed by atoms with Gasteiger partial charge >= 0.3 is 0 Å². The minimum Gasteiger partial charge on any atom is -0.352 e. The predicted octanol–water partition coefficient (Wildman–Crippen LogP) is 1.36. The largest absolute Gasteiger partial charge is 0.352 e. The fourth-order valence-electron chi connectivity index (χ4n) is 4.09. The highest BCUT2D eigenvalue weighted by Gasteiger charge is 2.53. The van der Waals surface area contributed by atoms with Gasteiger partial charge in [0.05, 0.1) is 17.8 Å². The van der Waals surface area contributed by atoms with Gasteiger partial charge < -0.3 is 15.1 Å². The van der Waals surface area contributed by atoms with Crippen molar-refractivity contribution in [3.63, 3.8) is 0 Å². The van der Waals surface area contributed by atoms with Crippen LogP contribution in [-0.4, -0.2) is 64.8 Å². The van der Waals surface area contributed by atoms with Gasteiger partial charge in [-0.1, -0.05) is 12.1 Å². The van der Waals surface area contributed by atoms with E-state index >= 15 is 0 Å². The molecule has 1 unspecified atom stereocenters. The van der Waals surface area contributed by atoms with Crippen LogP contribution in [0.3, 0.4) is 0 Å². The lowest BCUT2D eigenvalue weighted by molar-refractivity contribution is -0.137. The lowest BCUT2D eigenvalue weighted by Gasteiger charge is -2.48. The number of benzene rings is 1. The summed E-state index contributed by atoms with van der Waals surface area (Å²) in [5.41, 5.74) is 0.112. The van der Waals surface area contributed by atoms with E-state index in [2.05, 4.69) is 5.32 Å². The standard InChI is InChI=1S/C21H28N4O4/c1-5-23(12-17(26)22-14(2)3)19(28)13-24-20(29)15-8-6-7-9-16(15)25-18(27)10-11-21(24,25)4/h6-9,14H,5,10-13H2,1-4H3,(H,22,26). The van der Waals surface area contributed by atoms with E-state index in [-0.39, 0.29) is 42.8 Å². The molecule has 156 valence electrons. The van der Waals surface area contributed by atoms with Gasteiger partial charge in [-0.25, -0.2) is 0 Å². The maximum absolute atomic E-state index is 13.2. The Kier molecular flexibility index (Phi) is 5.64. The van der Waals surface area contributed by atoms with Crippen molar-refractivity contribution in [1.29, 1.82) is 0 Å². The van der Waals surface area contributed by atoms with Crippen LogP contribution in [0, 0.1) is 0 Å². The van der Waals surface area contributed by atoms with Crippen LogP contribution < -0.4 is 10.2 Å². The quantitative estimate of drug-likeness (QED) is 0.781. The third-order valence-electron chi connectivity index (χ3n) is 5.56. The Hall–Kier alpha value is -2.90. The fourth-order valence-corrected chi connectivity index (χ4v) is 4.09. The van der Waals surface area contributed by atoms with Crippen molar-refractivity contribution < 1.29 is 19.2 Å². The molecule has 4 amide bonds. The highest BCUT2D eigenvalue weighted by atomic mass is 16.2. The van der Waals surface area contributed by atoms with Crippen molar-refractivity contribution in [1.82, 2.24) is 15.1 Å². The fraction of sp³-hybridized carbons (Fsp3) is 0.524. The van der Waals surface area contributed by atoms with Crippen LogP contribution >= 0.6 is 0 Å². The second-order valence-corrected chi connectivity index (χ2v) is 7.98. The van der Waals surface area contributed by atoms with Crippen LogP contribution in [0.1, 0.15) is 50.9 Å². The lowest BCUT2D eigenvalue weighted by Crippen LogP contribution is -2.64. The number of carbonyl (C=O) groups is 4. The number of nitrogens with zero attached hydrogens (tertiary/aromatic N) is 3. The third-order valence-corrected chi connectivity index (χ3v) is 5.56.